The van der Waals surface area contributed by atoms with E-state index in [1.807, 2.05) is 6.08 Å². The number of nitrogens with two attached hydrogens (primary N) is 1. The zero-order valence-corrected chi connectivity index (χ0v) is 23.6. The maximum atomic E-state index is 12.5. The molecule has 0 radical (unpaired) electrons. The average molecular weight is 518 g/mol. The Balaban J connectivity index is 2.65. The van der Waals surface area contributed by atoms with E-state index in [1.54, 1.807) is 12.1 Å². The number of primary amides is 1. The molecule has 1 aliphatic heterocycles. The van der Waals surface area contributed by atoms with Gasteiger partial charge in [0.2, 0.25) is 0 Å². The first-order valence-electron chi connectivity index (χ1n) is 12.7. The number of aliphatic imine (C=N–C) groups is 1. The first-order valence-corrected chi connectivity index (χ1v) is 14.6. The predicted octanol–water partition coefficient (Wildman–Crippen LogP) is 3.93. The van der Waals surface area contributed by atoms with E-state index < -0.39 is 15.7 Å². The number of allylic oxidation sites excluding steroid dienone is 2. The van der Waals surface area contributed by atoms with Crippen molar-refractivity contribution >= 4 is 27.3 Å². The number of benzene rings is 1. The number of rotatable bonds is 11. The molecule has 2 atom stereocenters. The van der Waals surface area contributed by atoms with E-state index >= 15 is 0 Å². The Morgan fingerprint density at radius 3 is 2.42 bits per heavy atom. The SMILES string of the molecule is CCC1=C(NC(CN(C)C)C(CC)CC)N=C(Nc2cccc(S(C)(=O)=O)c2)C(C(N)=O)=CCC1C. The minimum atomic E-state index is -3.40. The second-order valence-electron chi connectivity index (χ2n) is 9.82. The Kier molecular flexibility index (Phi) is 10.7. The molecule has 0 spiro atoms. The minimum Gasteiger partial charge on any atom is -0.366 e. The molecule has 1 heterocycles. The van der Waals surface area contributed by atoms with Gasteiger partial charge in [0.25, 0.3) is 5.91 Å². The second kappa shape index (κ2) is 13.1. The molecule has 36 heavy (non-hydrogen) atoms. The van der Waals surface area contributed by atoms with Crippen LogP contribution in [0.2, 0.25) is 0 Å². The number of nitrogens with one attached hydrogen (secondary N) is 2. The molecule has 4 N–H and O–H groups in total. The van der Waals surface area contributed by atoms with Gasteiger partial charge in [-0.25, -0.2) is 13.4 Å². The molecule has 0 aliphatic carbocycles. The third-order valence-corrected chi connectivity index (χ3v) is 7.84. The summed E-state index contributed by atoms with van der Waals surface area (Å²) in [5.74, 6) is 1.09. The van der Waals surface area contributed by atoms with Gasteiger partial charge in [-0.05, 0) is 62.5 Å². The molecule has 2 unspecified atom stereocenters. The lowest BCUT2D eigenvalue weighted by Gasteiger charge is -2.32. The first kappa shape index (κ1) is 29.6. The Labute approximate surface area is 217 Å². The van der Waals surface area contributed by atoms with Crippen molar-refractivity contribution in [3.8, 4) is 0 Å². The highest BCUT2D eigenvalue weighted by molar-refractivity contribution is 7.90. The molecule has 1 aromatic carbocycles. The number of carbonyl (C=O) groups excluding carboxylic acids is 1. The average Bonchev–Trinajstić information content (AvgIpc) is 2.78. The molecule has 200 valence electrons. The van der Waals surface area contributed by atoms with Crippen molar-refractivity contribution < 1.29 is 13.2 Å². The monoisotopic (exact) mass is 517 g/mol. The van der Waals surface area contributed by atoms with Gasteiger partial charge in [-0.15, -0.1) is 0 Å². The van der Waals surface area contributed by atoms with Gasteiger partial charge in [-0.3, -0.25) is 4.79 Å². The number of likely N-dealkylation sites (N-methyl/N-ethyl adjacent to an activating group) is 1. The molecule has 9 heteroatoms. The van der Waals surface area contributed by atoms with Crippen LogP contribution < -0.4 is 16.4 Å². The molecular formula is C27H43N5O3S. The van der Waals surface area contributed by atoms with Gasteiger partial charge in [0, 0.05) is 24.5 Å². The fourth-order valence-corrected chi connectivity index (χ4v) is 5.31. The summed E-state index contributed by atoms with van der Waals surface area (Å²) in [5.41, 5.74) is 7.75. The third kappa shape index (κ3) is 7.93. The van der Waals surface area contributed by atoms with Crippen molar-refractivity contribution in [2.75, 3.05) is 32.2 Å². The maximum absolute atomic E-state index is 12.5. The van der Waals surface area contributed by atoms with Crippen molar-refractivity contribution in [1.82, 2.24) is 10.2 Å². The fourth-order valence-electron chi connectivity index (χ4n) is 4.64. The van der Waals surface area contributed by atoms with Crippen LogP contribution in [0.3, 0.4) is 0 Å². The predicted molar refractivity (Wildman–Crippen MR) is 149 cm³/mol. The zero-order chi connectivity index (χ0) is 27.0. The number of nitrogens with zero attached hydrogens (tertiary/aromatic N) is 2. The van der Waals surface area contributed by atoms with Crippen LogP contribution in [0.15, 0.2) is 57.2 Å². The highest BCUT2D eigenvalue weighted by atomic mass is 32.2. The number of hydrogen-bond donors (Lipinski definition) is 3. The van der Waals surface area contributed by atoms with Crippen molar-refractivity contribution in [2.24, 2.45) is 22.6 Å². The van der Waals surface area contributed by atoms with Crippen LogP contribution in [0.1, 0.15) is 53.4 Å². The topological polar surface area (TPSA) is 117 Å². The lowest BCUT2D eigenvalue weighted by atomic mass is 9.91. The van der Waals surface area contributed by atoms with Gasteiger partial charge in [-0.1, -0.05) is 52.7 Å². The van der Waals surface area contributed by atoms with Crippen LogP contribution in [0, 0.1) is 11.8 Å². The van der Waals surface area contributed by atoms with Crippen molar-refractivity contribution in [3.05, 3.63) is 47.3 Å². The van der Waals surface area contributed by atoms with E-state index in [0.29, 0.717) is 23.9 Å². The summed E-state index contributed by atoms with van der Waals surface area (Å²) in [7, 11) is 0.728. The lowest BCUT2D eigenvalue weighted by Crippen LogP contribution is -2.43. The van der Waals surface area contributed by atoms with Gasteiger partial charge < -0.3 is 21.3 Å². The number of hydrogen-bond acceptors (Lipinski definition) is 7. The molecule has 0 saturated carbocycles. The van der Waals surface area contributed by atoms with E-state index in [0.717, 1.165) is 37.9 Å². The van der Waals surface area contributed by atoms with Gasteiger partial charge >= 0.3 is 0 Å². The summed E-state index contributed by atoms with van der Waals surface area (Å²) < 4.78 is 24.2. The molecule has 1 aromatic rings. The van der Waals surface area contributed by atoms with E-state index in [-0.39, 0.29) is 22.4 Å². The van der Waals surface area contributed by atoms with Crippen LogP contribution in [0.25, 0.3) is 0 Å². The van der Waals surface area contributed by atoms with E-state index in [1.165, 1.54) is 17.7 Å². The third-order valence-electron chi connectivity index (χ3n) is 6.73. The Hall–Kier alpha value is -2.65. The molecule has 0 aromatic heterocycles. The van der Waals surface area contributed by atoms with Gasteiger partial charge in [-0.2, -0.15) is 0 Å². The maximum Gasteiger partial charge on any atom is 0.252 e. The number of anilines is 1. The Morgan fingerprint density at radius 1 is 1.22 bits per heavy atom. The molecule has 0 saturated heterocycles. The number of amides is 1. The standard InChI is InChI=1S/C27H43N5O3S/c1-8-19(9-2)24(17-32(5)6)30-26-22(10-3)18(4)14-15-23(25(28)33)27(31-26)29-20-12-11-13-21(16-20)36(7,34)35/h11-13,15-16,18-19,24,30H,8-10,14,17H2,1-7H3,(H2,28,33)(H,29,31). The molecule has 0 fully saturated rings. The van der Waals surface area contributed by atoms with E-state index in [9.17, 15) is 13.2 Å². The van der Waals surface area contributed by atoms with Gasteiger partial charge in [0.1, 0.15) is 11.7 Å². The van der Waals surface area contributed by atoms with Crippen LogP contribution in [0.5, 0.6) is 0 Å². The van der Waals surface area contributed by atoms with Crippen LogP contribution in [-0.2, 0) is 14.6 Å². The number of amidine groups is 1. The van der Waals surface area contributed by atoms with Crippen molar-refractivity contribution in [3.63, 3.8) is 0 Å². The van der Waals surface area contributed by atoms with Crippen LogP contribution in [0.4, 0.5) is 5.69 Å². The van der Waals surface area contributed by atoms with Crippen LogP contribution in [-0.4, -0.2) is 58.0 Å². The van der Waals surface area contributed by atoms with E-state index in [2.05, 4.69) is 57.3 Å². The lowest BCUT2D eigenvalue weighted by molar-refractivity contribution is -0.114. The summed E-state index contributed by atoms with van der Waals surface area (Å²) in [4.78, 5) is 19.8. The molecule has 0 bridgehead atoms. The molecule has 1 aliphatic rings. The number of carbonyl (C=O) groups is 1. The van der Waals surface area contributed by atoms with E-state index in [4.69, 9.17) is 10.7 Å². The molecular weight excluding hydrogens is 474 g/mol. The smallest absolute Gasteiger partial charge is 0.252 e. The zero-order valence-electron chi connectivity index (χ0n) is 22.8. The molecule has 2 rings (SSSR count). The fraction of sp³-hybridized carbons (Fsp3) is 0.556. The normalized spacial score (nSPS) is 17.9. The van der Waals surface area contributed by atoms with Crippen LogP contribution >= 0.6 is 0 Å². The largest absolute Gasteiger partial charge is 0.366 e. The van der Waals surface area contributed by atoms with Crippen molar-refractivity contribution in [2.45, 2.75) is 64.3 Å². The summed E-state index contributed by atoms with van der Waals surface area (Å²) in [6.45, 7) is 9.50. The quantitative estimate of drug-likeness (QED) is 0.409. The summed E-state index contributed by atoms with van der Waals surface area (Å²) in [6.07, 6.45) is 6.50. The van der Waals surface area contributed by atoms with Gasteiger partial charge in [0.05, 0.1) is 10.5 Å². The highest BCUT2D eigenvalue weighted by Crippen LogP contribution is 2.28. The summed E-state index contributed by atoms with van der Waals surface area (Å²) in [6, 6.07) is 6.64. The summed E-state index contributed by atoms with van der Waals surface area (Å²) in [5, 5.41) is 6.92. The van der Waals surface area contributed by atoms with Gasteiger partial charge in [0.15, 0.2) is 9.84 Å². The number of sulfone groups is 1. The molecule has 1 amide bonds. The highest BCUT2D eigenvalue weighted by Gasteiger charge is 2.25. The molecule has 8 nitrogen and oxygen atoms in total. The Morgan fingerprint density at radius 2 is 1.89 bits per heavy atom. The first-order chi connectivity index (χ1) is 16.9. The Bertz CT molecular complexity index is 1120. The second-order valence-corrected chi connectivity index (χ2v) is 11.8. The minimum absolute atomic E-state index is 0.165. The van der Waals surface area contributed by atoms with Crippen molar-refractivity contribution in [1.29, 1.82) is 0 Å². The summed E-state index contributed by atoms with van der Waals surface area (Å²) >= 11 is 0.